The molecule has 1 N–H and O–H groups in total. The Labute approximate surface area is 137 Å². The molecule has 0 unspecified atom stereocenters. The van der Waals surface area contributed by atoms with Crippen LogP contribution in [0.1, 0.15) is 10.4 Å². The van der Waals surface area contributed by atoms with Crippen molar-refractivity contribution in [2.45, 2.75) is 0 Å². The van der Waals surface area contributed by atoms with E-state index in [1.54, 1.807) is 12.1 Å². The monoisotopic (exact) mass is 352 g/mol. The molecule has 22 heavy (non-hydrogen) atoms. The van der Waals surface area contributed by atoms with Gasteiger partial charge in [-0.2, -0.15) is 0 Å². The third-order valence-corrected chi connectivity index (χ3v) is 4.39. The quantitative estimate of drug-likeness (QED) is 0.677. The van der Waals surface area contributed by atoms with Gasteiger partial charge in [0.2, 0.25) is 0 Å². The summed E-state index contributed by atoms with van der Waals surface area (Å²) in [5, 5.41) is 9.29. The molecule has 0 aliphatic carbocycles. The van der Waals surface area contributed by atoms with Crippen LogP contribution in [0, 0.1) is 0 Å². The van der Waals surface area contributed by atoms with E-state index in [0.717, 1.165) is 22.3 Å². The van der Waals surface area contributed by atoms with Crippen LogP contribution in [0.3, 0.4) is 0 Å². The number of carboxylic acids is 1. The van der Waals surface area contributed by atoms with Crippen LogP contribution in [0.2, 0.25) is 0 Å². The Morgan fingerprint density at radius 1 is 0.727 bits per heavy atom. The normalized spacial score (nSPS) is 10.4. The van der Waals surface area contributed by atoms with E-state index in [1.165, 1.54) is 0 Å². The summed E-state index contributed by atoms with van der Waals surface area (Å²) in [6.07, 6.45) is 0. The van der Waals surface area contributed by atoms with Gasteiger partial charge in [-0.25, -0.2) is 4.79 Å². The van der Waals surface area contributed by atoms with Crippen molar-refractivity contribution in [1.82, 2.24) is 0 Å². The molecule has 2 nitrogen and oxygen atoms in total. The summed E-state index contributed by atoms with van der Waals surface area (Å²) >= 11 is 3.44. The summed E-state index contributed by atoms with van der Waals surface area (Å²) in [5.74, 6) is -0.939. The zero-order chi connectivity index (χ0) is 15.5. The van der Waals surface area contributed by atoms with Crippen LogP contribution in [0.4, 0.5) is 0 Å². The molecule has 0 fully saturated rings. The summed E-state index contributed by atoms with van der Waals surface area (Å²) in [4.78, 5) is 11.3. The highest BCUT2D eigenvalue weighted by atomic mass is 79.9. The van der Waals surface area contributed by atoms with Gasteiger partial charge in [-0.3, -0.25) is 0 Å². The largest absolute Gasteiger partial charge is 0.478 e. The van der Waals surface area contributed by atoms with Crippen LogP contribution in [-0.4, -0.2) is 11.1 Å². The van der Waals surface area contributed by atoms with Gasteiger partial charge in [0.05, 0.1) is 5.56 Å². The van der Waals surface area contributed by atoms with Gasteiger partial charge in [-0.1, -0.05) is 66.7 Å². The third-order valence-electron chi connectivity index (χ3n) is 3.53. The lowest BCUT2D eigenvalue weighted by atomic mass is 9.94. The predicted octanol–water partition coefficient (Wildman–Crippen LogP) is 5.48. The van der Waals surface area contributed by atoms with Gasteiger partial charge in [0, 0.05) is 4.47 Å². The smallest absolute Gasteiger partial charge is 0.336 e. The van der Waals surface area contributed by atoms with Gasteiger partial charge in [0.25, 0.3) is 0 Å². The highest BCUT2D eigenvalue weighted by Crippen LogP contribution is 2.37. The first-order chi connectivity index (χ1) is 10.7. The Kier molecular flexibility index (Phi) is 4.07. The SMILES string of the molecule is O=C(O)c1cccc(-c2ccccc2-c2ccccc2)c1Br. The second-order valence-electron chi connectivity index (χ2n) is 4.88. The van der Waals surface area contributed by atoms with Crippen molar-refractivity contribution >= 4 is 21.9 Å². The minimum Gasteiger partial charge on any atom is -0.478 e. The first-order valence-electron chi connectivity index (χ1n) is 6.85. The highest BCUT2D eigenvalue weighted by molar-refractivity contribution is 9.10. The zero-order valence-corrected chi connectivity index (χ0v) is 13.2. The summed E-state index contributed by atoms with van der Waals surface area (Å²) in [6, 6.07) is 23.4. The van der Waals surface area contributed by atoms with E-state index in [4.69, 9.17) is 0 Å². The van der Waals surface area contributed by atoms with Crippen LogP contribution in [-0.2, 0) is 0 Å². The molecule has 0 aliphatic rings. The molecule has 3 heteroatoms. The number of hydrogen-bond donors (Lipinski definition) is 1. The summed E-state index contributed by atoms with van der Waals surface area (Å²) < 4.78 is 0.603. The molecule has 108 valence electrons. The van der Waals surface area contributed by atoms with Gasteiger partial charge in [0.15, 0.2) is 0 Å². The van der Waals surface area contributed by atoms with E-state index in [0.29, 0.717) is 4.47 Å². The minimum absolute atomic E-state index is 0.264. The van der Waals surface area contributed by atoms with Gasteiger partial charge >= 0.3 is 5.97 Å². The van der Waals surface area contributed by atoms with Crippen molar-refractivity contribution in [3.8, 4) is 22.3 Å². The Morgan fingerprint density at radius 2 is 1.32 bits per heavy atom. The molecule has 0 spiro atoms. The lowest BCUT2D eigenvalue weighted by molar-refractivity contribution is 0.0696. The van der Waals surface area contributed by atoms with Crippen molar-refractivity contribution in [3.63, 3.8) is 0 Å². The number of carboxylic acid groups (broad SMARTS) is 1. The molecule has 0 aliphatic heterocycles. The summed E-state index contributed by atoms with van der Waals surface area (Å²) in [5.41, 5.74) is 4.32. The van der Waals surface area contributed by atoms with Crippen molar-refractivity contribution in [2.75, 3.05) is 0 Å². The number of hydrogen-bond acceptors (Lipinski definition) is 1. The van der Waals surface area contributed by atoms with Gasteiger partial charge in [0.1, 0.15) is 0 Å². The molecule has 0 atom stereocenters. The van der Waals surface area contributed by atoms with E-state index in [2.05, 4.69) is 15.9 Å². The molecule has 0 bridgehead atoms. The second-order valence-corrected chi connectivity index (χ2v) is 5.68. The van der Waals surface area contributed by atoms with Crippen LogP contribution >= 0.6 is 15.9 Å². The molecular formula is C19H13BrO2. The lowest BCUT2D eigenvalue weighted by Gasteiger charge is -2.13. The standard InChI is InChI=1S/C19H13BrO2/c20-18-16(11-6-12-17(18)19(21)22)15-10-5-4-9-14(15)13-7-2-1-3-8-13/h1-12H,(H,21,22). The molecular weight excluding hydrogens is 340 g/mol. The second kappa shape index (κ2) is 6.16. The fourth-order valence-corrected chi connectivity index (χ4v) is 3.14. The first kappa shape index (κ1) is 14.5. The maximum atomic E-state index is 11.3. The molecule has 0 heterocycles. The van der Waals surface area contributed by atoms with Crippen LogP contribution in [0.5, 0.6) is 0 Å². The number of rotatable bonds is 3. The van der Waals surface area contributed by atoms with Crippen molar-refractivity contribution in [3.05, 3.63) is 82.8 Å². The molecule has 3 aromatic carbocycles. The van der Waals surface area contributed by atoms with E-state index in [-0.39, 0.29) is 5.56 Å². The lowest BCUT2D eigenvalue weighted by Crippen LogP contribution is -1.98. The Hall–Kier alpha value is -2.39. The molecule has 3 aromatic rings. The molecule has 0 radical (unpaired) electrons. The predicted molar refractivity (Wildman–Crippen MR) is 92.0 cm³/mol. The molecule has 0 saturated carbocycles. The fourth-order valence-electron chi connectivity index (χ4n) is 2.49. The fraction of sp³-hybridized carbons (Fsp3) is 0. The van der Waals surface area contributed by atoms with E-state index in [9.17, 15) is 9.90 Å². The average Bonchev–Trinajstić information content (AvgIpc) is 2.56. The van der Waals surface area contributed by atoms with Gasteiger partial charge < -0.3 is 5.11 Å². The number of benzene rings is 3. The summed E-state index contributed by atoms with van der Waals surface area (Å²) in [6.45, 7) is 0. The van der Waals surface area contributed by atoms with E-state index >= 15 is 0 Å². The van der Waals surface area contributed by atoms with Crippen LogP contribution < -0.4 is 0 Å². The Morgan fingerprint density at radius 3 is 2.00 bits per heavy atom. The van der Waals surface area contributed by atoms with Gasteiger partial charge in [-0.15, -0.1) is 0 Å². The first-order valence-corrected chi connectivity index (χ1v) is 7.64. The molecule has 0 amide bonds. The highest BCUT2D eigenvalue weighted by Gasteiger charge is 2.15. The van der Waals surface area contributed by atoms with Crippen LogP contribution in [0.25, 0.3) is 22.3 Å². The third kappa shape index (κ3) is 2.68. The van der Waals surface area contributed by atoms with E-state index < -0.39 is 5.97 Å². The van der Waals surface area contributed by atoms with E-state index in [1.807, 2.05) is 60.7 Å². The maximum Gasteiger partial charge on any atom is 0.336 e. The number of carbonyl (C=O) groups is 1. The zero-order valence-electron chi connectivity index (χ0n) is 11.7. The van der Waals surface area contributed by atoms with Crippen molar-refractivity contribution in [1.29, 1.82) is 0 Å². The minimum atomic E-state index is -0.939. The maximum absolute atomic E-state index is 11.3. The Balaban J connectivity index is 2.23. The number of halogens is 1. The molecule has 0 aromatic heterocycles. The van der Waals surface area contributed by atoms with Crippen molar-refractivity contribution in [2.24, 2.45) is 0 Å². The average molecular weight is 353 g/mol. The summed E-state index contributed by atoms with van der Waals surface area (Å²) in [7, 11) is 0. The Bertz CT molecular complexity index is 826. The number of aromatic carboxylic acids is 1. The molecule has 0 saturated heterocycles. The topological polar surface area (TPSA) is 37.3 Å². The molecule has 3 rings (SSSR count). The van der Waals surface area contributed by atoms with Gasteiger partial charge in [-0.05, 0) is 44.3 Å². The van der Waals surface area contributed by atoms with Crippen LogP contribution in [0.15, 0.2) is 77.3 Å². The van der Waals surface area contributed by atoms with Crippen molar-refractivity contribution < 1.29 is 9.90 Å².